The van der Waals surface area contributed by atoms with Gasteiger partial charge in [-0.15, -0.1) is 0 Å². The summed E-state index contributed by atoms with van der Waals surface area (Å²) in [5.41, 5.74) is -0.481. The van der Waals surface area contributed by atoms with E-state index in [4.69, 9.17) is 4.74 Å². The number of likely N-dealkylation sites (tertiary alicyclic amines) is 1. The number of β-amino-alcohol motifs (C(OH)–C–C–N with tert-alkyl or cyclic N) is 1. The number of anilines is 1. The summed E-state index contributed by atoms with van der Waals surface area (Å²) in [6.45, 7) is 3.29. The summed E-state index contributed by atoms with van der Waals surface area (Å²) in [5.74, 6) is -2.25. The molecule has 186 valence electrons. The van der Waals surface area contributed by atoms with Crippen molar-refractivity contribution in [2.75, 3.05) is 37.7 Å². The van der Waals surface area contributed by atoms with Gasteiger partial charge in [-0.25, -0.2) is 0 Å². The van der Waals surface area contributed by atoms with Gasteiger partial charge in [0.2, 0.25) is 17.7 Å². The molecule has 2 fully saturated rings. The first-order valence-electron chi connectivity index (χ1n) is 12.6. The Hall–Kier alpha value is -2.97. The third-order valence-electron chi connectivity index (χ3n) is 7.68. The van der Waals surface area contributed by atoms with Crippen molar-refractivity contribution in [3.8, 4) is 0 Å². The Morgan fingerprint density at radius 2 is 1.80 bits per heavy atom. The number of hydrogen-bond donors (Lipinski definition) is 1. The number of fused-ring (bicyclic) bond motifs is 2. The molecule has 2 saturated heterocycles. The standard InChI is InChI=1S/C27H33N3O5/c1-2-3-7-14-28-15-9-13-27-22(25(33)30(17-18-31)23(27)26(28)34)21-20(35-27)12-8-16-29(24(21)32)19-10-5-4-6-11-19/h4-6,8-13,20-23,31H,2-3,7,14-18H2,1H3/t20-,21+,22-,23?,27-/m0/s1. The van der Waals surface area contributed by atoms with Crippen LogP contribution < -0.4 is 4.90 Å². The molecule has 8 nitrogen and oxygen atoms in total. The largest absolute Gasteiger partial charge is 0.395 e. The first-order chi connectivity index (χ1) is 17.0. The number of carbonyl (C=O) groups excluding carboxylic acids is 3. The van der Waals surface area contributed by atoms with Gasteiger partial charge in [0.05, 0.1) is 24.5 Å². The van der Waals surface area contributed by atoms with Crippen molar-refractivity contribution >= 4 is 23.4 Å². The van der Waals surface area contributed by atoms with Crippen LogP contribution in [0.3, 0.4) is 0 Å². The minimum Gasteiger partial charge on any atom is -0.395 e. The molecule has 1 unspecified atom stereocenters. The smallest absolute Gasteiger partial charge is 0.249 e. The Balaban J connectivity index is 1.54. The zero-order chi connectivity index (χ0) is 24.6. The first-order valence-corrected chi connectivity index (χ1v) is 12.6. The average Bonchev–Trinajstić information content (AvgIpc) is 3.17. The quantitative estimate of drug-likeness (QED) is 0.475. The van der Waals surface area contributed by atoms with E-state index in [2.05, 4.69) is 6.92 Å². The molecule has 5 rings (SSSR count). The summed E-state index contributed by atoms with van der Waals surface area (Å²) in [6, 6.07) is 8.49. The lowest BCUT2D eigenvalue weighted by Gasteiger charge is -2.35. The molecule has 4 aliphatic rings. The van der Waals surface area contributed by atoms with Crippen LogP contribution in [0.4, 0.5) is 5.69 Å². The minimum absolute atomic E-state index is 0.0251. The average molecular weight is 480 g/mol. The third kappa shape index (κ3) is 3.79. The van der Waals surface area contributed by atoms with Crippen molar-refractivity contribution < 1.29 is 24.2 Å². The fourth-order valence-corrected chi connectivity index (χ4v) is 6.12. The Morgan fingerprint density at radius 1 is 1.00 bits per heavy atom. The molecule has 0 aromatic heterocycles. The molecule has 8 heteroatoms. The van der Waals surface area contributed by atoms with E-state index in [1.807, 2.05) is 54.6 Å². The molecular formula is C27H33N3O5. The molecule has 0 saturated carbocycles. The van der Waals surface area contributed by atoms with Gasteiger partial charge in [-0.2, -0.15) is 0 Å². The second-order valence-electron chi connectivity index (χ2n) is 9.70. The van der Waals surface area contributed by atoms with E-state index in [1.165, 1.54) is 4.90 Å². The van der Waals surface area contributed by atoms with Crippen molar-refractivity contribution in [1.29, 1.82) is 0 Å². The lowest BCUT2D eigenvalue weighted by molar-refractivity contribution is -0.147. The number of amides is 3. The molecule has 1 N–H and O–H groups in total. The Bertz CT molecular complexity index is 1040. The van der Waals surface area contributed by atoms with E-state index < -0.39 is 29.6 Å². The lowest BCUT2D eigenvalue weighted by Crippen LogP contribution is -2.55. The van der Waals surface area contributed by atoms with Crippen LogP contribution in [0.15, 0.2) is 54.6 Å². The molecule has 0 radical (unpaired) electrons. The normalized spacial score (nSPS) is 31.9. The Morgan fingerprint density at radius 3 is 2.54 bits per heavy atom. The van der Waals surface area contributed by atoms with E-state index >= 15 is 0 Å². The van der Waals surface area contributed by atoms with E-state index in [9.17, 15) is 19.5 Å². The fourth-order valence-electron chi connectivity index (χ4n) is 6.12. The Kier molecular flexibility index (Phi) is 6.51. The van der Waals surface area contributed by atoms with Crippen molar-refractivity contribution in [3.63, 3.8) is 0 Å². The van der Waals surface area contributed by atoms with Crippen molar-refractivity contribution in [3.05, 3.63) is 54.6 Å². The maximum absolute atomic E-state index is 13.9. The zero-order valence-corrected chi connectivity index (χ0v) is 20.1. The SMILES string of the molecule is CCCCCN1CC=C[C@]23O[C@H]4C=CCN(c5ccccc5)C(=O)[C@H]4[C@H]2C(=O)N(CCO)C3C1=O. The number of aliphatic hydroxyl groups is 1. The van der Waals surface area contributed by atoms with Gasteiger partial charge < -0.3 is 24.5 Å². The van der Waals surface area contributed by atoms with Gasteiger partial charge in [0.15, 0.2) is 0 Å². The molecule has 35 heavy (non-hydrogen) atoms. The number of unbranched alkanes of at least 4 members (excludes halogenated alkanes) is 2. The monoisotopic (exact) mass is 479 g/mol. The molecular weight excluding hydrogens is 446 g/mol. The highest BCUT2D eigenvalue weighted by Crippen LogP contribution is 2.53. The third-order valence-corrected chi connectivity index (χ3v) is 7.68. The summed E-state index contributed by atoms with van der Waals surface area (Å²) in [4.78, 5) is 46.5. The highest BCUT2D eigenvalue weighted by atomic mass is 16.5. The summed E-state index contributed by atoms with van der Waals surface area (Å²) in [7, 11) is 0. The van der Waals surface area contributed by atoms with Gasteiger partial charge in [-0.05, 0) is 18.6 Å². The Labute approximate surface area is 205 Å². The van der Waals surface area contributed by atoms with Crippen LogP contribution in [0.2, 0.25) is 0 Å². The van der Waals surface area contributed by atoms with Gasteiger partial charge in [-0.3, -0.25) is 14.4 Å². The van der Waals surface area contributed by atoms with Crippen LogP contribution in [-0.4, -0.2) is 83.2 Å². The number of carbonyl (C=O) groups is 3. The fraction of sp³-hybridized carbons (Fsp3) is 0.519. The summed E-state index contributed by atoms with van der Waals surface area (Å²) in [6.07, 6.45) is 9.85. The molecule has 1 aromatic rings. The van der Waals surface area contributed by atoms with E-state index in [1.54, 1.807) is 9.80 Å². The number of benzene rings is 1. The second-order valence-corrected chi connectivity index (χ2v) is 9.70. The molecule has 4 heterocycles. The van der Waals surface area contributed by atoms with E-state index in [0.717, 1.165) is 24.9 Å². The van der Waals surface area contributed by atoms with Crippen LogP contribution in [0, 0.1) is 11.8 Å². The number of aliphatic hydroxyl groups excluding tert-OH is 1. The first kappa shape index (κ1) is 23.8. The molecule has 5 atom stereocenters. The highest BCUT2D eigenvalue weighted by molar-refractivity contribution is 6.03. The summed E-state index contributed by atoms with van der Waals surface area (Å²) < 4.78 is 6.57. The van der Waals surface area contributed by atoms with Gasteiger partial charge >= 0.3 is 0 Å². The van der Waals surface area contributed by atoms with Gasteiger partial charge in [-0.1, -0.05) is 62.3 Å². The molecule has 4 aliphatic heterocycles. The summed E-state index contributed by atoms with van der Waals surface area (Å²) in [5, 5.41) is 9.75. The van der Waals surface area contributed by atoms with Crippen LogP contribution in [-0.2, 0) is 19.1 Å². The van der Waals surface area contributed by atoms with E-state index in [0.29, 0.717) is 19.6 Å². The summed E-state index contributed by atoms with van der Waals surface area (Å²) >= 11 is 0. The maximum atomic E-state index is 13.9. The van der Waals surface area contributed by atoms with Crippen LogP contribution in [0.5, 0.6) is 0 Å². The highest BCUT2D eigenvalue weighted by Gasteiger charge is 2.71. The molecule has 0 aliphatic carbocycles. The van der Waals surface area contributed by atoms with Gasteiger partial charge in [0.25, 0.3) is 0 Å². The number of rotatable bonds is 7. The maximum Gasteiger partial charge on any atom is 0.249 e. The van der Waals surface area contributed by atoms with Crippen molar-refractivity contribution in [2.24, 2.45) is 11.8 Å². The molecule has 1 aromatic carbocycles. The molecule has 3 amide bonds. The minimum atomic E-state index is -1.24. The predicted octanol–water partition coefficient (Wildman–Crippen LogP) is 1.75. The van der Waals surface area contributed by atoms with Gasteiger partial charge in [0, 0.05) is 31.9 Å². The molecule has 1 spiro atoms. The van der Waals surface area contributed by atoms with Crippen LogP contribution >= 0.6 is 0 Å². The van der Waals surface area contributed by atoms with E-state index in [-0.39, 0.29) is 30.9 Å². The number of nitrogens with zero attached hydrogens (tertiary/aromatic N) is 3. The van der Waals surface area contributed by atoms with Crippen molar-refractivity contribution in [2.45, 2.75) is 43.9 Å². The second kappa shape index (κ2) is 9.59. The molecule has 0 bridgehead atoms. The predicted molar refractivity (Wildman–Crippen MR) is 130 cm³/mol. The zero-order valence-electron chi connectivity index (χ0n) is 20.1. The number of ether oxygens (including phenoxy) is 1. The lowest BCUT2D eigenvalue weighted by atomic mass is 9.77. The van der Waals surface area contributed by atoms with Crippen LogP contribution in [0.1, 0.15) is 26.2 Å². The van der Waals surface area contributed by atoms with Gasteiger partial charge in [0.1, 0.15) is 11.6 Å². The van der Waals surface area contributed by atoms with Crippen molar-refractivity contribution in [1.82, 2.24) is 9.80 Å². The van der Waals surface area contributed by atoms with Crippen LogP contribution in [0.25, 0.3) is 0 Å². The topological polar surface area (TPSA) is 90.4 Å². The number of hydrogen-bond acceptors (Lipinski definition) is 5. The number of para-hydroxylation sites is 1.